The van der Waals surface area contributed by atoms with Crippen molar-refractivity contribution in [3.63, 3.8) is 0 Å². The predicted molar refractivity (Wildman–Crippen MR) is 140 cm³/mol. The van der Waals surface area contributed by atoms with Crippen LogP contribution < -0.4 is 10.6 Å². The van der Waals surface area contributed by atoms with Crippen LogP contribution in [0, 0.1) is 10.7 Å². The fraction of sp³-hybridized carbons (Fsp3) is 0.407. The molecule has 0 bridgehead atoms. The van der Waals surface area contributed by atoms with Crippen molar-refractivity contribution in [1.29, 1.82) is 0 Å². The van der Waals surface area contributed by atoms with E-state index in [4.69, 9.17) is 12.2 Å². The van der Waals surface area contributed by atoms with Gasteiger partial charge in [0.25, 0.3) is 5.91 Å². The van der Waals surface area contributed by atoms with Gasteiger partial charge >= 0.3 is 0 Å². The summed E-state index contributed by atoms with van der Waals surface area (Å²) in [6.07, 6.45) is 4.26. The Morgan fingerprint density at radius 1 is 1.09 bits per heavy atom. The molecule has 0 aliphatic carbocycles. The second-order valence-corrected chi connectivity index (χ2v) is 9.86. The number of nitrogens with zero attached hydrogens (tertiary/aromatic N) is 3. The highest BCUT2D eigenvalue weighted by Crippen LogP contribution is 2.29. The quantitative estimate of drug-likeness (QED) is 0.465. The third kappa shape index (κ3) is 5.44. The van der Waals surface area contributed by atoms with Gasteiger partial charge in [-0.3, -0.25) is 9.59 Å². The zero-order valence-electron chi connectivity index (χ0n) is 19.8. The minimum atomic E-state index is -0.473. The smallest absolute Gasteiger partial charge is 0.257 e. The molecule has 1 saturated heterocycles. The maximum Gasteiger partial charge on any atom is 0.257 e. The Bertz CT molecular complexity index is 1270. The van der Waals surface area contributed by atoms with Crippen molar-refractivity contribution in [2.75, 3.05) is 31.5 Å². The lowest BCUT2D eigenvalue weighted by atomic mass is 9.90. The number of anilines is 1. The Kier molecular flexibility index (Phi) is 7.20. The number of hydrogen-bond acceptors (Lipinski definition) is 6. The molecule has 2 N–H and O–H groups in total. The number of carbonyl (C=O) groups excluding carboxylic acids is 2. The summed E-state index contributed by atoms with van der Waals surface area (Å²) in [5, 5.41) is 7.15. The minimum absolute atomic E-state index is 0.0268. The number of amides is 1. The van der Waals surface area contributed by atoms with Crippen molar-refractivity contribution >= 4 is 40.8 Å². The molecular formula is C27H31N5O2S. The van der Waals surface area contributed by atoms with Crippen LogP contribution in [-0.2, 0) is 11.2 Å². The van der Waals surface area contributed by atoms with Gasteiger partial charge in [0.1, 0.15) is 11.9 Å². The second kappa shape index (κ2) is 10.7. The molecule has 8 heteroatoms. The van der Waals surface area contributed by atoms with E-state index in [9.17, 15) is 9.59 Å². The van der Waals surface area contributed by atoms with Gasteiger partial charge in [-0.1, -0.05) is 42.5 Å². The van der Waals surface area contributed by atoms with Gasteiger partial charge in [-0.15, -0.1) is 0 Å². The number of benzene rings is 2. The van der Waals surface area contributed by atoms with Crippen molar-refractivity contribution in [2.24, 2.45) is 5.92 Å². The largest absolute Gasteiger partial charge is 0.359 e. The predicted octanol–water partition coefficient (Wildman–Crippen LogP) is 4.05. The lowest BCUT2D eigenvalue weighted by molar-refractivity contribution is -0.121. The number of fused-ring (bicyclic) bond motifs is 3. The van der Waals surface area contributed by atoms with E-state index in [1.54, 1.807) is 0 Å². The van der Waals surface area contributed by atoms with Crippen LogP contribution in [0.1, 0.15) is 36.0 Å². The number of likely N-dealkylation sites (tertiary alicyclic amines) is 1. The number of para-hydroxylation sites is 1. The Morgan fingerprint density at radius 3 is 2.63 bits per heavy atom. The zero-order valence-corrected chi connectivity index (χ0v) is 20.6. The molecule has 3 heterocycles. The molecule has 0 spiro atoms. The Balaban J connectivity index is 1.04. The van der Waals surface area contributed by atoms with Crippen molar-refractivity contribution in [2.45, 2.75) is 38.1 Å². The van der Waals surface area contributed by atoms with Gasteiger partial charge < -0.3 is 15.5 Å². The zero-order chi connectivity index (χ0) is 24.2. The number of hydrogen-bond donors (Lipinski definition) is 2. The average molecular weight is 490 g/mol. The van der Waals surface area contributed by atoms with E-state index in [-0.39, 0.29) is 23.0 Å². The summed E-state index contributed by atoms with van der Waals surface area (Å²) in [6.45, 7) is 3.65. The van der Waals surface area contributed by atoms with Gasteiger partial charge in [-0.2, -0.15) is 0 Å². The van der Waals surface area contributed by atoms with Gasteiger partial charge in [0.05, 0.1) is 5.52 Å². The third-order valence-electron chi connectivity index (χ3n) is 7.10. The van der Waals surface area contributed by atoms with Crippen LogP contribution in [-0.4, -0.2) is 58.5 Å². The van der Waals surface area contributed by atoms with Gasteiger partial charge in [-0.05, 0) is 74.6 Å². The molecule has 0 saturated carbocycles. The molecule has 7 nitrogen and oxygen atoms in total. The van der Waals surface area contributed by atoms with Gasteiger partial charge in [0.2, 0.25) is 10.7 Å². The standard InChI is InChI=1S/C27H31N5O2S/c33-24(28-14-17-31-15-12-20(13-16-31)18-19-6-2-1-3-7-19)11-10-23-26(34)32-25(29-23)21-8-4-5-9-22(21)30-27(32)35/h1-9,20,23,29H,10-18H2,(H,28,33). The van der Waals surface area contributed by atoms with E-state index in [2.05, 4.69) is 50.8 Å². The summed E-state index contributed by atoms with van der Waals surface area (Å²) in [5.74, 6) is 1.24. The summed E-state index contributed by atoms with van der Waals surface area (Å²) in [7, 11) is 0. The number of aromatic nitrogens is 2. The van der Waals surface area contributed by atoms with Gasteiger partial charge in [0, 0.05) is 24.9 Å². The molecule has 0 radical (unpaired) electrons. The van der Waals surface area contributed by atoms with Crippen LogP contribution in [0.3, 0.4) is 0 Å². The monoisotopic (exact) mass is 489 g/mol. The number of carbonyl (C=O) groups is 2. The molecule has 1 unspecified atom stereocenters. The van der Waals surface area contributed by atoms with Crippen LogP contribution in [0.4, 0.5) is 5.82 Å². The van der Waals surface area contributed by atoms with E-state index in [1.165, 1.54) is 23.0 Å². The van der Waals surface area contributed by atoms with Crippen LogP contribution >= 0.6 is 12.2 Å². The molecule has 1 aromatic heterocycles. The van der Waals surface area contributed by atoms with Crippen molar-refractivity contribution in [1.82, 2.24) is 19.8 Å². The van der Waals surface area contributed by atoms with E-state index in [0.717, 1.165) is 42.9 Å². The third-order valence-corrected chi connectivity index (χ3v) is 7.38. The van der Waals surface area contributed by atoms with Crippen molar-refractivity contribution in [3.05, 3.63) is 64.9 Å². The van der Waals surface area contributed by atoms with Crippen LogP contribution in [0.5, 0.6) is 0 Å². The topological polar surface area (TPSA) is 79.3 Å². The molecule has 35 heavy (non-hydrogen) atoms. The van der Waals surface area contributed by atoms with Crippen LogP contribution in [0.15, 0.2) is 54.6 Å². The summed E-state index contributed by atoms with van der Waals surface area (Å²) in [6, 6.07) is 17.8. The second-order valence-electron chi connectivity index (χ2n) is 9.49. The molecule has 182 valence electrons. The van der Waals surface area contributed by atoms with Gasteiger partial charge in [0.15, 0.2) is 0 Å². The van der Waals surface area contributed by atoms with Crippen molar-refractivity contribution in [3.8, 4) is 0 Å². The maximum absolute atomic E-state index is 12.9. The Labute approximate surface area is 210 Å². The number of rotatable bonds is 8. The molecule has 1 amide bonds. The molecule has 2 aromatic carbocycles. The highest BCUT2D eigenvalue weighted by Gasteiger charge is 2.32. The fourth-order valence-corrected chi connectivity index (χ4v) is 5.42. The first-order valence-corrected chi connectivity index (χ1v) is 12.8. The molecule has 5 rings (SSSR count). The van der Waals surface area contributed by atoms with Crippen molar-refractivity contribution < 1.29 is 9.59 Å². The molecular weight excluding hydrogens is 458 g/mol. The Hall–Kier alpha value is -3.10. The SMILES string of the molecule is O=C(CCC1Nc2c3ccccc3nc(=S)n2C1=O)NCCN1CCC(Cc2ccccc2)CC1. The molecule has 1 atom stereocenters. The number of piperidine rings is 1. The maximum atomic E-state index is 12.9. The summed E-state index contributed by atoms with van der Waals surface area (Å²) in [5.41, 5.74) is 2.18. The first kappa shape index (κ1) is 23.6. The molecule has 1 fully saturated rings. The molecule has 2 aliphatic rings. The molecule has 2 aliphatic heterocycles. The van der Waals surface area contributed by atoms with E-state index in [1.807, 2.05) is 24.3 Å². The van der Waals surface area contributed by atoms with Crippen LogP contribution in [0.25, 0.3) is 10.9 Å². The highest BCUT2D eigenvalue weighted by atomic mass is 32.1. The van der Waals surface area contributed by atoms with E-state index in [0.29, 0.717) is 18.8 Å². The molecule has 3 aromatic rings. The number of nitrogens with one attached hydrogen (secondary N) is 2. The lowest BCUT2D eigenvalue weighted by Gasteiger charge is -2.32. The fourth-order valence-electron chi connectivity index (χ4n) is 5.14. The summed E-state index contributed by atoms with van der Waals surface area (Å²) < 4.78 is 1.71. The normalized spacial score (nSPS) is 18.4. The minimum Gasteiger partial charge on any atom is -0.359 e. The van der Waals surface area contributed by atoms with Gasteiger partial charge in [-0.25, -0.2) is 9.55 Å². The highest BCUT2D eigenvalue weighted by molar-refractivity contribution is 7.71. The average Bonchev–Trinajstić information content (AvgIpc) is 3.21. The lowest BCUT2D eigenvalue weighted by Crippen LogP contribution is -2.40. The van der Waals surface area contributed by atoms with Crippen LogP contribution in [0.2, 0.25) is 0 Å². The Morgan fingerprint density at radius 2 is 1.83 bits per heavy atom. The first-order valence-electron chi connectivity index (χ1n) is 12.4. The summed E-state index contributed by atoms with van der Waals surface area (Å²) in [4.78, 5) is 32.1. The summed E-state index contributed by atoms with van der Waals surface area (Å²) >= 11 is 5.34. The first-order chi connectivity index (χ1) is 17.1. The van der Waals surface area contributed by atoms with E-state index >= 15 is 0 Å². The van der Waals surface area contributed by atoms with E-state index < -0.39 is 6.04 Å².